The molecule has 7 aromatic rings. The van der Waals surface area contributed by atoms with Crippen molar-refractivity contribution in [3.8, 4) is 0 Å². The maximum atomic E-state index is 15.3. The molecule has 2 amide bonds. The predicted octanol–water partition coefficient (Wildman–Crippen LogP) is 10.2. The Balaban J connectivity index is 1.30. The highest BCUT2D eigenvalue weighted by atomic mass is 16.2. The van der Waals surface area contributed by atoms with Crippen molar-refractivity contribution in [2.75, 3.05) is 0 Å². The van der Waals surface area contributed by atoms with E-state index in [9.17, 15) is 0 Å². The topological polar surface area (TPSA) is 47.1 Å². The molecule has 0 heterocycles. The Morgan fingerprint density at radius 2 is 0.464 bits per heavy atom. The second-order valence-corrected chi connectivity index (χ2v) is 13.8. The van der Waals surface area contributed by atoms with Gasteiger partial charge in [-0.25, -0.2) is 10.0 Å². The molecule has 0 aliphatic heterocycles. The zero-order valence-corrected chi connectivity index (χ0v) is 31.5. The number of hydrazine groups is 2. The predicted molar refractivity (Wildman–Crippen MR) is 223 cm³/mol. The summed E-state index contributed by atoms with van der Waals surface area (Å²) < 4.78 is 0. The van der Waals surface area contributed by atoms with Crippen LogP contribution in [0.25, 0.3) is 0 Å². The van der Waals surface area contributed by atoms with Crippen molar-refractivity contribution in [1.82, 2.24) is 20.0 Å². The molecule has 278 valence electrons. The standard InChI is InChI=1S/C50H46N4O2/c55-49(53(39-45-29-15-5-16-30-45)51(35-41-21-7-1-8-22-41)36-42-23-9-2-10-24-42)47-33-19-20-34-48(47)50(56)54(40-46-31-17-6-18-32-46)52(37-43-25-11-3-12-26-43)38-44-27-13-4-14-28-44/h1-34H,35-40H2. The number of carbonyl (C=O) groups is 2. The number of rotatable bonds is 16. The molecular weight excluding hydrogens is 689 g/mol. The SMILES string of the molecule is O=C(c1ccccc1C(=O)N(Cc1ccccc1)N(Cc1ccccc1)Cc1ccccc1)N(Cc1ccccc1)N(Cc1ccccc1)Cc1ccccc1. The van der Waals surface area contributed by atoms with E-state index in [-0.39, 0.29) is 11.8 Å². The van der Waals surface area contributed by atoms with Crippen molar-refractivity contribution in [3.05, 3.63) is 251 Å². The van der Waals surface area contributed by atoms with Crippen molar-refractivity contribution >= 4 is 11.8 Å². The molecule has 0 saturated carbocycles. The van der Waals surface area contributed by atoms with E-state index in [1.165, 1.54) is 0 Å². The van der Waals surface area contributed by atoms with Crippen molar-refractivity contribution < 1.29 is 9.59 Å². The Kier molecular flexibility index (Phi) is 12.9. The Morgan fingerprint density at radius 3 is 0.696 bits per heavy atom. The van der Waals surface area contributed by atoms with Crippen LogP contribution in [0.2, 0.25) is 0 Å². The summed E-state index contributed by atoms with van der Waals surface area (Å²) in [5.41, 5.74) is 6.95. The molecule has 0 aromatic heterocycles. The van der Waals surface area contributed by atoms with E-state index in [0.717, 1.165) is 33.4 Å². The summed E-state index contributed by atoms with van der Waals surface area (Å²) in [5.74, 6) is -0.496. The van der Waals surface area contributed by atoms with Gasteiger partial charge in [-0.2, -0.15) is 0 Å². The lowest BCUT2D eigenvalue weighted by molar-refractivity contribution is -0.0308. The molecule has 0 aliphatic carbocycles. The summed E-state index contributed by atoms with van der Waals surface area (Å²) in [6, 6.07) is 68.1. The first kappa shape index (κ1) is 37.7. The van der Waals surface area contributed by atoms with Gasteiger partial charge in [-0.15, -0.1) is 0 Å². The van der Waals surface area contributed by atoms with Gasteiger partial charge >= 0.3 is 0 Å². The van der Waals surface area contributed by atoms with Crippen molar-refractivity contribution in [2.45, 2.75) is 39.3 Å². The van der Waals surface area contributed by atoms with Gasteiger partial charge in [0.05, 0.1) is 24.2 Å². The second-order valence-electron chi connectivity index (χ2n) is 13.8. The number of nitrogens with zero attached hydrogens (tertiary/aromatic N) is 4. The molecule has 6 nitrogen and oxygen atoms in total. The average molecular weight is 735 g/mol. The van der Waals surface area contributed by atoms with E-state index in [4.69, 9.17) is 0 Å². The third-order valence-corrected chi connectivity index (χ3v) is 9.72. The number of hydrogen-bond donors (Lipinski definition) is 0. The van der Waals surface area contributed by atoms with Gasteiger partial charge in [-0.3, -0.25) is 19.6 Å². The first-order valence-corrected chi connectivity index (χ1v) is 19.1. The maximum absolute atomic E-state index is 15.3. The summed E-state index contributed by atoms with van der Waals surface area (Å²) in [4.78, 5) is 30.7. The molecule has 0 N–H and O–H groups in total. The monoisotopic (exact) mass is 734 g/mol. The molecule has 7 rings (SSSR count). The highest BCUT2D eigenvalue weighted by Crippen LogP contribution is 2.25. The van der Waals surface area contributed by atoms with Gasteiger partial charge in [0.15, 0.2) is 0 Å². The number of amides is 2. The van der Waals surface area contributed by atoms with Gasteiger partial charge in [0.1, 0.15) is 0 Å². The zero-order valence-electron chi connectivity index (χ0n) is 31.5. The van der Waals surface area contributed by atoms with E-state index in [0.29, 0.717) is 50.4 Å². The van der Waals surface area contributed by atoms with Crippen LogP contribution in [0.4, 0.5) is 0 Å². The second kappa shape index (κ2) is 19.1. The zero-order chi connectivity index (χ0) is 38.4. The van der Waals surface area contributed by atoms with E-state index < -0.39 is 0 Å². The third-order valence-electron chi connectivity index (χ3n) is 9.72. The minimum Gasteiger partial charge on any atom is -0.268 e. The van der Waals surface area contributed by atoms with Crippen molar-refractivity contribution in [3.63, 3.8) is 0 Å². The summed E-state index contributed by atoms with van der Waals surface area (Å²) in [7, 11) is 0. The fraction of sp³-hybridized carbons (Fsp3) is 0.120. The molecule has 0 unspecified atom stereocenters. The van der Waals surface area contributed by atoms with Crippen LogP contribution in [0.1, 0.15) is 54.1 Å². The molecule has 0 saturated heterocycles. The van der Waals surface area contributed by atoms with Gasteiger partial charge in [0.25, 0.3) is 11.8 Å². The Morgan fingerprint density at radius 1 is 0.268 bits per heavy atom. The van der Waals surface area contributed by atoms with Crippen LogP contribution >= 0.6 is 0 Å². The minimum atomic E-state index is -0.248. The van der Waals surface area contributed by atoms with E-state index in [1.807, 2.05) is 156 Å². The Labute approximate surface area is 330 Å². The normalized spacial score (nSPS) is 11.0. The smallest absolute Gasteiger partial charge is 0.268 e. The van der Waals surface area contributed by atoms with Crippen LogP contribution in [0.5, 0.6) is 0 Å². The Bertz CT molecular complexity index is 2010. The molecule has 0 radical (unpaired) electrons. The van der Waals surface area contributed by atoms with Gasteiger partial charge in [0.2, 0.25) is 0 Å². The largest absolute Gasteiger partial charge is 0.269 e. The summed E-state index contributed by atoms with van der Waals surface area (Å²) in [5, 5.41) is 7.82. The molecule has 7 aromatic carbocycles. The van der Waals surface area contributed by atoms with Crippen molar-refractivity contribution in [1.29, 1.82) is 0 Å². The molecule has 0 bridgehead atoms. The molecule has 0 aliphatic rings. The number of benzene rings is 7. The lowest BCUT2D eigenvalue weighted by atomic mass is 10.0. The van der Waals surface area contributed by atoms with Crippen LogP contribution < -0.4 is 0 Å². The fourth-order valence-electron chi connectivity index (χ4n) is 6.88. The van der Waals surface area contributed by atoms with Gasteiger partial charge < -0.3 is 0 Å². The van der Waals surface area contributed by atoms with Gasteiger partial charge in [-0.05, 0) is 45.5 Å². The molecule has 56 heavy (non-hydrogen) atoms. The lowest BCUT2D eigenvalue weighted by Crippen LogP contribution is -2.47. The van der Waals surface area contributed by atoms with Crippen LogP contribution in [0.15, 0.2) is 206 Å². The van der Waals surface area contributed by atoms with Crippen LogP contribution in [0, 0.1) is 0 Å². The van der Waals surface area contributed by atoms with Crippen molar-refractivity contribution in [2.24, 2.45) is 0 Å². The Hall–Kier alpha value is -6.60. The lowest BCUT2D eigenvalue weighted by Gasteiger charge is -2.37. The van der Waals surface area contributed by atoms with E-state index in [2.05, 4.69) is 58.5 Å². The van der Waals surface area contributed by atoms with Gasteiger partial charge in [0, 0.05) is 26.2 Å². The molecular formula is C50H46N4O2. The highest BCUT2D eigenvalue weighted by molar-refractivity contribution is 6.07. The highest BCUT2D eigenvalue weighted by Gasteiger charge is 2.31. The molecule has 0 fully saturated rings. The number of carbonyl (C=O) groups excluding carboxylic acids is 2. The van der Waals surface area contributed by atoms with E-state index in [1.54, 1.807) is 12.1 Å². The first-order valence-electron chi connectivity index (χ1n) is 19.1. The minimum absolute atomic E-state index is 0.248. The summed E-state index contributed by atoms with van der Waals surface area (Å²) in [6.07, 6.45) is 0. The average Bonchev–Trinajstić information content (AvgIpc) is 3.26. The molecule has 6 heteroatoms. The molecule has 0 atom stereocenters. The van der Waals surface area contributed by atoms with Crippen LogP contribution in [-0.2, 0) is 39.3 Å². The summed E-state index contributed by atoms with van der Waals surface area (Å²) in [6.45, 7) is 2.62. The van der Waals surface area contributed by atoms with E-state index >= 15 is 9.59 Å². The summed E-state index contributed by atoms with van der Waals surface area (Å²) >= 11 is 0. The van der Waals surface area contributed by atoms with Crippen LogP contribution in [0.3, 0.4) is 0 Å². The fourth-order valence-corrected chi connectivity index (χ4v) is 6.88. The first-order chi connectivity index (χ1) is 27.6. The van der Waals surface area contributed by atoms with Crippen LogP contribution in [-0.4, -0.2) is 31.9 Å². The molecule has 0 spiro atoms. The third kappa shape index (κ3) is 10.1. The number of hydrogen-bond acceptors (Lipinski definition) is 4. The van der Waals surface area contributed by atoms with Gasteiger partial charge in [-0.1, -0.05) is 194 Å². The quantitative estimate of drug-likeness (QED) is 0.0928. The maximum Gasteiger partial charge on any atom is 0.269 e.